The molecular formula is C11H13FINOSi. The van der Waals surface area contributed by atoms with E-state index in [0.717, 1.165) is 5.56 Å². The molecule has 5 heteroatoms. The summed E-state index contributed by atoms with van der Waals surface area (Å²) >= 11 is 1.91. The molecule has 0 saturated heterocycles. The highest BCUT2D eigenvalue weighted by Crippen LogP contribution is 2.24. The fourth-order valence-electron chi connectivity index (χ4n) is 1.20. The molecule has 1 aromatic rings. The first-order chi connectivity index (χ1) is 7.33. The van der Waals surface area contributed by atoms with E-state index >= 15 is 0 Å². The van der Waals surface area contributed by atoms with E-state index in [2.05, 4.69) is 6.07 Å². The van der Waals surface area contributed by atoms with Crippen molar-refractivity contribution in [3.05, 3.63) is 33.1 Å². The summed E-state index contributed by atoms with van der Waals surface area (Å²) < 4.78 is 19.3. The number of rotatable bonds is 3. The maximum atomic E-state index is 13.1. The molecule has 0 heterocycles. The number of benzene rings is 1. The molecule has 1 rings (SSSR count). The molecule has 1 aromatic carbocycles. The van der Waals surface area contributed by atoms with Gasteiger partial charge in [0.15, 0.2) is 14.4 Å². The van der Waals surface area contributed by atoms with Gasteiger partial charge >= 0.3 is 0 Å². The lowest BCUT2D eigenvalue weighted by atomic mass is 10.1. The second kappa shape index (κ2) is 5.25. The predicted molar refractivity (Wildman–Crippen MR) is 71.9 cm³/mol. The third-order valence-corrected chi connectivity index (χ3v) is 3.60. The Kier molecular flexibility index (Phi) is 4.47. The summed E-state index contributed by atoms with van der Waals surface area (Å²) in [5.41, 5.74) is 0.718. The first-order valence-corrected chi connectivity index (χ1v) is 9.34. The molecule has 0 aliphatic rings. The van der Waals surface area contributed by atoms with E-state index in [1.807, 2.05) is 42.2 Å². The summed E-state index contributed by atoms with van der Waals surface area (Å²) in [6.07, 6.45) is -0.596. The Hall–Kier alpha value is -0.453. The Morgan fingerprint density at radius 3 is 2.50 bits per heavy atom. The van der Waals surface area contributed by atoms with Crippen molar-refractivity contribution in [2.45, 2.75) is 25.7 Å². The first kappa shape index (κ1) is 13.6. The van der Waals surface area contributed by atoms with Crippen LogP contribution in [0.1, 0.15) is 11.7 Å². The highest BCUT2D eigenvalue weighted by atomic mass is 127. The zero-order chi connectivity index (χ0) is 12.3. The molecule has 0 fully saturated rings. The monoisotopic (exact) mass is 349 g/mol. The zero-order valence-electron chi connectivity index (χ0n) is 9.42. The average molecular weight is 349 g/mol. The van der Waals surface area contributed by atoms with Gasteiger partial charge in [0.2, 0.25) is 0 Å². The normalized spacial score (nSPS) is 13.2. The van der Waals surface area contributed by atoms with Crippen molar-refractivity contribution in [1.82, 2.24) is 0 Å². The van der Waals surface area contributed by atoms with Crippen molar-refractivity contribution >= 4 is 30.9 Å². The minimum absolute atomic E-state index is 0.269. The van der Waals surface area contributed by atoms with E-state index in [-0.39, 0.29) is 5.82 Å². The van der Waals surface area contributed by atoms with Crippen LogP contribution in [0.25, 0.3) is 0 Å². The van der Waals surface area contributed by atoms with Gasteiger partial charge in [-0.05, 0) is 59.9 Å². The number of halogens is 2. The Bertz CT molecular complexity index is 425. The summed E-state index contributed by atoms with van der Waals surface area (Å²) in [7, 11) is -1.77. The van der Waals surface area contributed by atoms with Gasteiger partial charge in [0.05, 0.1) is 6.07 Å². The lowest BCUT2D eigenvalue weighted by Gasteiger charge is -2.21. The largest absolute Gasteiger partial charge is 0.399 e. The van der Waals surface area contributed by atoms with Crippen LogP contribution in [0.15, 0.2) is 18.2 Å². The Balaban J connectivity index is 2.97. The van der Waals surface area contributed by atoms with Crippen LogP contribution in [0.2, 0.25) is 19.6 Å². The lowest BCUT2D eigenvalue weighted by Crippen LogP contribution is -2.27. The van der Waals surface area contributed by atoms with Gasteiger partial charge in [0.1, 0.15) is 5.82 Å². The van der Waals surface area contributed by atoms with E-state index < -0.39 is 14.4 Å². The quantitative estimate of drug-likeness (QED) is 0.614. The van der Waals surface area contributed by atoms with E-state index in [1.54, 1.807) is 12.1 Å². The van der Waals surface area contributed by atoms with Crippen LogP contribution >= 0.6 is 22.6 Å². The van der Waals surface area contributed by atoms with Gasteiger partial charge < -0.3 is 4.43 Å². The molecule has 0 aromatic heterocycles. The summed E-state index contributed by atoms with van der Waals surface area (Å²) in [4.78, 5) is 0. The SMILES string of the molecule is C[Si](C)(C)OC(C#N)c1ccc(F)c(I)c1. The zero-order valence-corrected chi connectivity index (χ0v) is 12.6. The maximum Gasteiger partial charge on any atom is 0.186 e. The van der Waals surface area contributed by atoms with Crippen LogP contribution in [-0.2, 0) is 4.43 Å². The van der Waals surface area contributed by atoms with Crippen LogP contribution in [0.5, 0.6) is 0 Å². The number of hydrogen-bond acceptors (Lipinski definition) is 2. The van der Waals surface area contributed by atoms with Crippen LogP contribution in [-0.4, -0.2) is 8.32 Å². The molecule has 0 aliphatic heterocycles. The molecule has 0 aliphatic carbocycles. The van der Waals surface area contributed by atoms with Gasteiger partial charge in [-0.3, -0.25) is 0 Å². The second-order valence-corrected chi connectivity index (χ2v) is 10.0. The van der Waals surface area contributed by atoms with Crippen molar-refractivity contribution in [3.63, 3.8) is 0 Å². The third-order valence-electron chi connectivity index (χ3n) is 1.84. The summed E-state index contributed by atoms with van der Waals surface area (Å²) in [6, 6.07) is 6.74. The number of nitriles is 1. The van der Waals surface area contributed by atoms with E-state index in [1.165, 1.54) is 6.07 Å². The van der Waals surface area contributed by atoms with E-state index in [4.69, 9.17) is 9.69 Å². The number of hydrogen-bond donors (Lipinski definition) is 0. The average Bonchev–Trinajstić information content (AvgIpc) is 2.17. The number of nitrogens with zero attached hydrogens (tertiary/aromatic N) is 1. The summed E-state index contributed by atoms with van der Waals surface area (Å²) in [5, 5.41) is 9.05. The van der Waals surface area contributed by atoms with E-state index in [0.29, 0.717) is 3.57 Å². The minimum atomic E-state index is -1.77. The highest BCUT2D eigenvalue weighted by molar-refractivity contribution is 14.1. The molecule has 86 valence electrons. The standard InChI is InChI=1S/C11H13FINOSi/c1-16(2,3)15-11(7-14)8-4-5-9(12)10(13)6-8/h4-6,11H,1-3H3. The lowest BCUT2D eigenvalue weighted by molar-refractivity contribution is 0.255. The molecule has 1 unspecified atom stereocenters. The molecule has 0 radical (unpaired) electrons. The summed E-state index contributed by atoms with van der Waals surface area (Å²) in [6.45, 7) is 6.06. The smallest absolute Gasteiger partial charge is 0.186 e. The van der Waals surface area contributed by atoms with Gasteiger partial charge in [0, 0.05) is 3.57 Å². The van der Waals surface area contributed by atoms with Crippen molar-refractivity contribution < 1.29 is 8.82 Å². The predicted octanol–water partition coefficient (Wildman–Crippen LogP) is 3.85. The van der Waals surface area contributed by atoms with Crippen LogP contribution in [0.3, 0.4) is 0 Å². The fraction of sp³-hybridized carbons (Fsp3) is 0.364. The first-order valence-electron chi connectivity index (χ1n) is 4.86. The molecular weight excluding hydrogens is 336 g/mol. The molecule has 16 heavy (non-hydrogen) atoms. The maximum absolute atomic E-state index is 13.1. The van der Waals surface area contributed by atoms with Crippen molar-refractivity contribution in [1.29, 1.82) is 5.26 Å². The van der Waals surface area contributed by atoms with Gasteiger partial charge in [-0.15, -0.1) is 0 Å². The minimum Gasteiger partial charge on any atom is -0.399 e. The Morgan fingerprint density at radius 2 is 2.06 bits per heavy atom. The van der Waals surface area contributed by atoms with Crippen molar-refractivity contribution in [3.8, 4) is 6.07 Å². The molecule has 1 atom stereocenters. The Morgan fingerprint density at radius 1 is 1.44 bits per heavy atom. The highest BCUT2D eigenvalue weighted by Gasteiger charge is 2.22. The molecule has 0 saturated carbocycles. The van der Waals surface area contributed by atoms with E-state index in [9.17, 15) is 4.39 Å². The van der Waals surface area contributed by atoms with Gasteiger partial charge in [0.25, 0.3) is 0 Å². The van der Waals surface area contributed by atoms with Crippen molar-refractivity contribution in [2.24, 2.45) is 0 Å². The summed E-state index contributed by atoms with van der Waals surface area (Å²) in [5.74, 6) is -0.269. The van der Waals surface area contributed by atoms with Crippen molar-refractivity contribution in [2.75, 3.05) is 0 Å². The third kappa shape index (κ3) is 3.85. The molecule has 0 bridgehead atoms. The second-order valence-electron chi connectivity index (χ2n) is 4.41. The molecule has 0 N–H and O–H groups in total. The van der Waals surface area contributed by atoms with Gasteiger partial charge in [-0.25, -0.2) is 4.39 Å². The van der Waals surface area contributed by atoms with Gasteiger partial charge in [-0.1, -0.05) is 6.07 Å². The molecule has 0 amide bonds. The fourth-order valence-corrected chi connectivity index (χ4v) is 2.63. The van der Waals surface area contributed by atoms with Gasteiger partial charge in [-0.2, -0.15) is 5.26 Å². The molecule has 0 spiro atoms. The topological polar surface area (TPSA) is 33.0 Å². The van der Waals surface area contributed by atoms with Crippen LogP contribution in [0, 0.1) is 20.7 Å². The Labute approximate surface area is 110 Å². The van der Waals surface area contributed by atoms with Crippen LogP contribution in [0.4, 0.5) is 4.39 Å². The molecule has 2 nitrogen and oxygen atoms in total. The van der Waals surface area contributed by atoms with Crippen LogP contribution < -0.4 is 0 Å².